The maximum absolute atomic E-state index is 3.58. The van der Waals surface area contributed by atoms with Crippen LogP contribution in [0.25, 0.3) is 0 Å². The molecule has 142 valence electrons. The number of hydrogen-bond donors (Lipinski definition) is 0. The standard InChI is InChI=1S/C28H30/c1(3-5-7-27-15-21-9-22(16-27)11-23(10-21)17-27)2-4-6-8-28-18-24-12-25(19-28)14-26(13-24)20-28/h21-26H,9-20H2. The first-order chi connectivity index (χ1) is 13.7. The summed E-state index contributed by atoms with van der Waals surface area (Å²) >= 11 is 0. The van der Waals surface area contributed by atoms with Gasteiger partial charge in [0.25, 0.3) is 0 Å². The van der Waals surface area contributed by atoms with Gasteiger partial charge in [0.2, 0.25) is 0 Å². The van der Waals surface area contributed by atoms with E-state index in [9.17, 15) is 0 Å². The van der Waals surface area contributed by atoms with Crippen LogP contribution in [0.1, 0.15) is 77.0 Å². The molecule has 0 saturated heterocycles. The first-order valence-electron chi connectivity index (χ1n) is 11.7. The van der Waals surface area contributed by atoms with Crippen LogP contribution in [0.2, 0.25) is 0 Å². The van der Waals surface area contributed by atoms with Crippen molar-refractivity contribution in [2.24, 2.45) is 46.3 Å². The fraction of sp³-hybridized carbons (Fsp3) is 0.714. The first kappa shape index (κ1) is 17.1. The Morgan fingerprint density at radius 3 is 0.893 bits per heavy atom. The second kappa shape index (κ2) is 6.37. The van der Waals surface area contributed by atoms with Crippen molar-refractivity contribution in [1.29, 1.82) is 0 Å². The van der Waals surface area contributed by atoms with Crippen LogP contribution in [-0.2, 0) is 0 Å². The number of rotatable bonds is 0. The predicted octanol–water partition coefficient (Wildman–Crippen LogP) is 5.43. The van der Waals surface area contributed by atoms with Gasteiger partial charge in [-0.25, -0.2) is 0 Å². The van der Waals surface area contributed by atoms with Crippen molar-refractivity contribution in [1.82, 2.24) is 0 Å². The minimum absolute atomic E-state index is 0.301. The molecular weight excluding hydrogens is 336 g/mol. The highest BCUT2D eigenvalue weighted by molar-refractivity contribution is 5.41. The SMILES string of the molecule is C(C#CC#CC12CC3CC(CC(C3)C1)C2)#CC#CC12CC3CC(CC(C3)C1)C2. The Balaban J connectivity index is 1.10. The Morgan fingerprint density at radius 1 is 0.357 bits per heavy atom. The molecular formula is C28H30. The van der Waals surface area contributed by atoms with Gasteiger partial charge in [-0.2, -0.15) is 0 Å². The third-order valence-electron chi connectivity index (χ3n) is 9.04. The van der Waals surface area contributed by atoms with E-state index < -0.39 is 0 Å². The quantitative estimate of drug-likeness (QED) is 0.501. The highest BCUT2D eigenvalue weighted by Crippen LogP contribution is 2.60. The van der Waals surface area contributed by atoms with Gasteiger partial charge >= 0.3 is 0 Å². The van der Waals surface area contributed by atoms with Crippen LogP contribution in [-0.4, -0.2) is 0 Å². The molecule has 8 aliphatic rings. The van der Waals surface area contributed by atoms with E-state index in [-0.39, 0.29) is 0 Å². The molecule has 8 saturated carbocycles. The van der Waals surface area contributed by atoms with E-state index in [1.165, 1.54) is 77.0 Å². The van der Waals surface area contributed by atoms with Crippen LogP contribution in [0.15, 0.2) is 0 Å². The lowest BCUT2D eigenvalue weighted by Gasteiger charge is -2.54. The Labute approximate surface area is 171 Å². The molecule has 0 heterocycles. The van der Waals surface area contributed by atoms with Crippen molar-refractivity contribution < 1.29 is 0 Å². The fourth-order valence-corrected chi connectivity index (χ4v) is 8.98. The molecule has 0 aliphatic heterocycles. The molecule has 0 radical (unpaired) electrons. The fourth-order valence-electron chi connectivity index (χ4n) is 8.98. The zero-order valence-electron chi connectivity index (χ0n) is 16.9. The zero-order chi connectivity index (χ0) is 18.6. The zero-order valence-corrected chi connectivity index (χ0v) is 16.9. The molecule has 0 aromatic heterocycles. The molecule has 8 rings (SSSR count). The number of hydrogen-bond acceptors (Lipinski definition) is 0. The molecule has 8 aliphatic carbocycles. The van der Waals surface area contributed by atoms with E-state index in [0.29, 0.717) is 10.8 Å². The van der Waals surface area contributed by atoms with Gasteiger partial charge in [-0.15, -0.1) is 0 Å². The van der Waals surface area contributed by atoms with E-state index >= 15 is 0 Å². The summed E-state index contributed by atoms with van der Waals surface area (Å²) in [6.07, 6.45) is 16.8. The van der Waals surface area contributed by atoms with Crippen molar-refractivity contribution in [3.63, 3.8) is 0 Å². The Morgan fingerprint density at radius 2 is 0.607 bits per heavy atom. The average molecular weight is 367 g/mol. The summed E-state index contributed by atoms with van der Waals surface area (Å²) in [5.74, 6) is 31.1. The van der Waals surface area contributed by atoms with Crippen molar-refractivity contribution in [2.45, 2.75) is 77.0 Å². The van der Waals surface area contributed by atoms with Crippen LogP contribution in [0.3, 0.4) is 0 Å². The van der Waals surface area contributed by atoms with Gasteiger partial charge in [0.05, 0.1) is 0 Å². The lowest BCUT2D eigenvalue weighted by atomic mass is 9.50. The van der Waals surface area contributed by atoms with E-state index in [0.717, 1.165) is 35.5 Å². The van der Waals surface area contributed by atoms with E-state index in [2.05, 4.69) is 47.4 Å². The third-order valence-corrected chi connectivity index (χ3v) is 9.04. The first-order valence-corrected chi connectivity index (χ1v) is 11.7. The van der Waals surface area contributed by atoms with Gasteiger partial charge in [-0.1, -0.05) is 11.8 Å². The molecule has 0 N–H and O–H groups in total. The van der Waals surface area contributed by atoms with Crippen molar-refractivity contribution in [3.05, 3.63) is 0 Å². The largest absolute Gasteiger partial charge is 0.0822 e. The van der Waals surface area contributed by atoms with Gasteiger partial charge in [0, 0.05) is 10.8 Å². The predicted molar refractivity (Wildman–Crippen MR) is 112 cm³/mol. The van der Waals surface area contributed by atoms with Gasteiger partial charge in [0.15, 0.2) is 0 Å². The molecule has 0 amide bonds. The van der Waals surface area contributed by atoms with E-state index in [4.69, 9.17) is 0 Å². The Hall–Kier alpha value is -1.76. The summed E-state index contributed by atoms with van der Waals surface area (Å²) in [6.45, 7) is 0. The second-order valence-corrected chi connectivity index (χ2v) is 11.4. The molecule has 8 bridgehead atoms. The van der Waals surface area contributed by atoms with Crippen molar-refractivity contribution in [2.75, 3.05) is 0 Å². The van der Waals surface area contributed by atoms with Crippen molar-refractivity contribution in [3.8, 4) is 47.4 Å². The van der Waals surface area contributed by atoms with Crippen LogP contribution < -0.4 is 0 Å². The lowest BCUT2D eigenvalue weighted by Crippen LogP contribution is -2.45. The van der Waals surface area contributed by atoms with Crippen LogP contribution in [0.5, 0.6) is 0 Å². The molecule has 0 atom stereocenters. The molecule has 0 aromatic rings. The minimum atomic E-state index is 0.301. The summed E-state index contributed by atoms with van der Waals surface area (Å²) in [4.78, 5) is 0. The lowest BCUT2D eigenvalue weighted by molar-refractivity contribution is -0.0182. The third kappa shape index (κ3) is 3.08. The molecule has 0 spiro atoms. The van der Waals surface area contributed by atoms with Gasteiger partial charge in [0.1, 0.15) is 0 Å². The highest BCUT2D eigenvalue weighted by atomic mass is 14.5. The molecule has 8 fully saturated rings. The molecule has 0 nitrogen and oxygen atoms in total. The summed E-state index contributed by atoms with van der Waals surface area (Å²) in [7, 11) is 0. The Bertz CT molecular complexity index is 767. The monoisotopic (exact) mass is 366 g/mol. The van der Waals surface area contributed by atoms with E-state index in [1.54, 1.807) is 0 Å². The summed E-state index contributed by atoms with van der Waals surface area (Å²) in [5, 5.41) is 0. The van der Waals surface area contributed by atoms with Gasteiger partial charge in [-0.3, -0.25) is 0 Å². The maximum Gasteiger partial charge on any atom is 0.0332 e. The molecule has 0 aromatic carbocycles. The molecule has 28 heavy (non-hydrogen) atoms. The smallest absolute Gasteiger partial charge is 0.0332 e. The summed E-state index contributed by atoms with van der Waals surface area (Å²) in [6, 6.07) is 0. The van der Waals surface area contributed by atoms with E-state index in [1.807, 2.05) is 0 Å². The van der Waals surface area contributed by atoms with Crippen LogP contribution in [0, 0.1) is 93.7 Å². The normalized spacial score (nSPS) is 48.3. The van der Waals surface area contributed by atoms with Crippen LogP contribution in [0.4, 0.5) is 0 Å². The average Bonchev–Trinajstić information content (AvgIpc) is 2.61. The van der Waals surface area contributed by atoms with Crippen molar-refractivity contribution >= 4 is 0 Å². The topological polar surface area (TPSA) is 0 Å². The molecule has 0 unspecified atom stereocenters. The van der Waals surface area contributed by atoms with Gasteiger partial charge in [-0.05, 0) is 148 Å². The minimum Gasteiger partial charge on any atom is -0.0822 e. The highest BCUT2D eigenvalue weighted by Gasteiger charge is 2.51. The molecule has 0 heteroatoms. The van der Waals surface area contributed by atoms with Gasteiger partial charge < -0.3 is 0 Å². The summed E-state index contributed by atoms with van der Waals surface area (Å²) in [5.41, 5.74) is 0.602. The Kier molecular flexibility index (Phi) is 3.90. The maximum atomic E-state index is 3.58. The second-order valence-electron chi connectivity index (χ2n) is 11.4. The summed E-state index contributed by atoms with van der Waals surface area (Å²) < 4.78 is 0. The van der Waals surface area contributed by atoms with Crippen LogP contribution >= 0.6 is 0 Å².